The zero-order valence-electron chi connectivity index (χ0n) is 11.0. The van der Waals surface area contributed by atoms with E-state index in [0.717, 1.165) is 25.7 Å². The van der Waals surface area contributed by atoms with Gasteiger partial charge in [-0.2, -0.15) is 0 Å². The summed E-state index contributed by atoms with van der Waals surface area (Å²) in [5, 5.41) is 14.5. The lowest BCUT2D eigenvalue weighted by Gasteiger charge is -2.29. The first kappa shape index (κ1) is 15.4. The van der Waals surface area contributed by atoms with Crippen LogP contribution in [0, 0.1) is 0 Å². The van der Waals surface area contributed by atoms with Crippen LogP contribution in [-0.4, -0.2) is 45.5 Å². The maximum atomic E-state index is 11.8. The summed E-state index contributed by atoms with van der Waals surface area (Å²) < 4.78 is 11.8. The molecule has 0 bridgehead atoms. The summed E-state index contributed by atoms with van der Waals surface area (Å²) in [6, 6.07) is -0.0512. The normalized spacial score (nSPS) is 25.4. The highest BCUT2D eigenvalue weighted by Crippen LogP contribution is 2.22. The van der Waals surface area contributed by atoms with Gasteiger partial charge in [-0.1, -0.05) is 13.3 Å². The quantitative estimate of drug-likeness (QED) is 0.626. The van der Waals surface area contributed by atoms with Crippen molar-refractivity contribution in [2.75, 3.05) is 18.9 Å². The maximum absolute atomic E-state index is 11.8. The van der Waals surface area contributed by atoms with Crippen molar-refractivity contribution in [2.45, 2.75) is 50.3 Å². The summed E-state index contributed by atoms with van der Waals surface area (Å²) in [6.45, 7) is 2.51. The van der Waals surface area contributed by atoms with Gasteiger partial charge in [0.15, 0.2) is 0 Å². The molecule has 106 valence electrons. The minimum Gasteiger partial charge on any atom is -0.396 e. The van der Waals surface area contributed by atoms with E-state index in [-0.39, 0.29) is 23.9 Å². The molecule has 0 aromatic heterocycles. The molecule has 3 atom stereocenters. The zero-order valence-corrected chi connectivity index (χ0v) is 11.8. The number of nitrogens with one attached hydrogen (secondary N) is 2. The first-order valence-corrected chi connectivity index (χ1v) is 8.08. The number of urea groups is 1. The molecule has 2 amide bonds. The second kappa shape index (κ2) is 8.48. The predicted octanol–water partition coefficient (Wildman–Crippen LogP) is 0.748. The van der Waals surface area contributed by atoms with Crippen molar-refractivity contribution in [2.24, 2.45) is 0 Å². The van der Waals surface area contributed by atoms with Gasteiger partial charge in [-0.15, -0.1) is 0 Å². The summed E-state index contributed by atoms with van der Waals surface area (Å²) in [4.78, 5) is 11.6. The fourth-order valence-electron chi connectivity index (χ4n) is 2.27. The highest BCUT2D eigenvalue weighted by Gasteiger charge is 2.26. The molecule has 1 aliphatic carbocycles. The average molecular weight is 276 g/mol. The number of carbonyl (C=O) groups excluding carboxylic acids is 1. The van der Waals surface area contributed by atoms with E-state index < -0.39 is 10.8 Å². The highest BCUT2D eigenvalue weighted by atomic mass is 32.2. The van der Waals surface area contributed by atoms with Crippen LogP contribution in [0.25, 0.3) is 0 Å². The van der Waals surface area contributed by atoms with Crippen LogP contribution in [0.3, 0.4) is 0 Å². The lowest BCUT2D eigenvalue weighted by molar-refractivity contribution is 0.230. The van der Waals surface area contributed by atoms with Gasteiger partial charge < -0.3 is 15.7 Å². The van der Waals surface area contributed by atoms with Crippen molar-refractivity contribution in [3.05, 3.63) is 0 Å². The van der Waals surface area contributed by atoms with Gasteiger partial charge in [0.25, 0.3) is 0 Å². The minimum absolute atomic E-state index is 0.0846. The summed E-state index contributed by atoms with van der Waals surface area (Å²) in [7, 11) is -0.760. The van der Waals surface area contributed by atoms with E-state index in [4.69, 9.17) is 5.11 Å². The summed E-state index contributed by atoms with van der Waals surface area (Å²) in [6.07, 6.45) is 4.38. The van der Waals surface area contributed by atoms with E-state index in [1.165, 1.54) is 0 Å². The molecule has 3 N–H and O–H groups in total. The third kappa shape index (κ3) is 5.35. The molecule has 0 heterocycles. The Bertz CT molecular complexity index is 286. The molecule has 1 aliphatic rings. The number of rotatable bonds is 6. The molecule has 0 radical (unpaired) electrons. The summed E-state index contributed by atoms with van der Waals surface area (Å²) >= 11 is 0. The van der Waals surface area contributed by atoms with Crippen LogP contribution in [0.2, 0.25) is 0 Å². The Morgan fingerprint density at radius 3 is 2.89 bits per heavy atom. The molecule has 0 aromatic carbocycles. The average Bonchev–Trinajstić information content (AvgIpc) is 2.38. The van der Waals surface area contributed by atoms with E-state index >= 15 is 0 Å². The van der Waals surface area contributed by atoms with Gasteiger partial charge in [0.05, 0.1) is 0 Å². The molecule has 6 heteroatoms. The molecule has 5 nitrogen and oxygen atoms in total. The molecule has 0 saturated heterocycles. The zero-order chi connectivity index (χ0) is 13.4. The second-order valence-corrected chi connectivity index (χ2v) is 6.64. The van der Waals surface area contributed by atoms with Crippen LogP contribution in [0.1, 0.15) is 39.0 Å². The Kier molecular flexibility index (Phi) is 7.27. The second-order valence-electron chi connectivity index (χ2n) is 4.63. The van der Waals surface area contributed by atoms with Crippen LogP contribution in [-0.2, 0) is 10.8 Å². The van der Waals surface area contributed by atoms with Gasteiger partial charge in [0.2, 0.25) is 0 Å². The number of hydrogen-bond donors (Lipinski definition) is 3. The molecule has 1 fully saturated rings. The van der Waals surface area contributed by atoms with Crippen molar-refractivity contribution in [3.63, 3.8) is 0 Å². The van der Waals surface area contributed by atoms with E-state index in [1.807, 2.05) is 6.92 Å². The standard InChI is InChI=1S/C12H24N2O3S/c1-2-18(17)11-6-3-5-10(9-11)14-12(16)13-7-4-8-15/h10-11,15H,2-9H2,1H3,(H2,13,14,16). The van der Waals surface area contributed by atoms with Gasteiger partial charge >= 0.3 is 6.03 Å². The number of aliphatic hydroxyl groups is 1. The lowest BCUT2D eigenvalue weighted by Crippen LogP contribution is -2.45. The van der Waals surface area contributed by atoms with Crippen molar-refractivity contribution < 1.29 is 14.1 Å². The van der Waals surface area contributed by atoms with Gasteiger partial charge in [-0.25, -0.2) is 4.79 Å². The molecule has 3 unspecified atom stereocenters. The number of aliphatic hydroxyl groups excluding tert-OH is 1. The Morgan fingerprint density at radius 1 is 1.44 bits per heavy atom. The molecule has 0 spiro atoms. The maximum Gasteiger partial charge on any atom is 0.315 e. The fourth-order valence-corrected chi connectivity index (χ4v) is 3.62. The SMILES string of the molecule is CCS(=O)C1CCCC(NC(=O)NCCCO)C1. The van der Waals surface area contributed by atoms with Crippen LogP contribution >= 0.6 is 0 Å². The molecule has 1 rings (SSSR count). The van der Waals surface area contributed by atoms with E-state index in [9.17, 15) is 9.00 Å². The summed E-state index contributed by atoms with van der Waals surface area (Å²) in [5.41, 5.74) is 0. The third-order valence-electron chi connectivity index (χ3n) is 3.24. The van der Waals surface area contributed by atoms with Gasteiger partial charge in [-0.3, -0.25) is 4.21 Å². The van der Waals surface area contributed by atoms with Crippen LogP contribution in [0.15, 0.2) is 0 Å². The minimum atomic E-state index is -0.760. The van der Waals surface area contributed by atoms with E-state index in [1.54, 1.807) is 0 Å². The van der Waals surface area contributed by atoms with Crippen LogP contribution in [0.5, 0.6) is 0 Å². The topological polar surface area (TPSA) is 78.4 Å². The van der Waals surface area contributed by atoms with Crippen LogP contribution in [0.4, 0.5) is 4.79 Å². The Balaban J connectivity index is 2.29. The van der Waals surface area contributed by atoms with Crippen molar-refractivity contribution >= 4 is 16.8 Å². The summed E-state index contributed by atoms with van der Waals surface area (Å²) in [5.74, 6) is 0.695. The predicted molar refractivity (Wildman–Crippen MR) is 73.0 cm³/mol. The Hall–Kier alpha value is -0.620. The van der Waals surface area contributed by atoms with Crippen molar-refractivity contribution in [3.8, 4) is 0 Å². The smallest absolute Gasteiger partial charge is 0.315 e. The van der Waals surface area contributed by atoms with Gasteiger partial charge in [0.1, 0.15) is 0 Å². The Morgan fingerprint density at radius 2 is 2.22 bits per heavy atom. The number of amides is 2. The molecular weight excluding hydrogens is 252 g/mol. The highest BCUT2D eigenvalue weighted by molar-refractivity contribution is 7.85. The number of hydrogen-bond acceptors (Lipinski definition) is 3. The van der Waals surface area contributed by atoms with E-state index in [2.05, 4.69) is 10.6 Å². The monoisotopic (exact) mass is 276 g/mol. The molecule has 0 aromatic rings. The first-order chi connectivity index (χ1) is 8.67. The third-order valence-corrected chi connectivity index (χ3v) is 4.98. The van der Waals surface area contributed by atoms with Crippen LogP contribution < -0.4 is 10.6 Å². The fraction of sp³-hybridized carbons (Fsp3) is 0.917. The molecule has 0 aliphatic heterocycles. The number of carbonyl (C=O) groups is 1. The molecule has 1 saturated carbocycles. The lowest BCUT2D eigenvalue weighted by atomic mass is 9.95. The van der Waals surface area contributed by atoms with Crippen molar-refractivity contribution in [1.29, 1.82) is 0 Å². The van der Waals surface area contributed by atoms with Crippen molar-refractivity contribution in [1.82, 2.24) is 10.6 Å². The Labute approximate surface area is 111 Å². The van der Waals surface area contributed by atoms with E-state index in [0.29, 0.717) is 18.7 Å². The van der Waals surface area contributed by atoms with Gasteiger partial charge in [0, 0.05) is 41.0 Å². The first-order valence-electron chi connectivity index (χ1n) is 6.69. The molecular formula is C12H24N2O3S. The van der Waals surface area contributed by atoms with Gasteiger partial charge in [-0.05, 0) is 25.7 Å². The largest absolute Gasteiger partial charge is 0.396 e. The molecule has 18 heavy (non-hydrogen) atoms.